The van der Waals surface area contributed by atoms with E-state index in [1.165, 1.54) is 13.2 Å². The molecule has 5 heteroatoms. The van der Waals surface area contributed by atoms with Gasteiger partial charge < -0.3 is 10.1 Å². The summed E-state index contributed by atoms with van der Waals surface area (Å²) in [6.07, 6.45) is 0. The molecule has 30 heavy (non-hydrogen) atoms. The molecule has 0 aliphatic carbocycles. The van der Waals surface area contributed by atoms with E-state index in [-0.39, 0.29) is 11.7 Å². The molecule has 156 valence electrons. The van der Waals surface area contributed by atoms with Crippen molar-refractivity contribution in [2.75, 3.05) is 19.5 Å². The molecular formula is C25H27FN2O2. The van der Waals surface area contributed by atoms with Crippen molar-refractivity contribution in [1.29, 1.82) is 0 Å². The quantitative estimate of drug-likeness (QED) is 0.582. The first-order valence-electron chi connectivity index (χ1n) is 9.84. The van der Waals surface area contributed by atoms with Crippen LogP contribution in [0, 0.1) is 19.7 Å². The molecule has 1 N–H and O–H groups in total. The summed E-state index contributed by atoms with van der Waals surface area (Å²) in [7, 11) is 3.30. The van der Waals surface area contributed by atoms with Crippen LogP contribution < -0.4 is 10.1 Å². The number of nitrogens with one attached hydrogen (secondary N) is 1. The maximum absolute atomic E-state index is 14.1. The van der Waals surface area contributed by atoms with Gasteiger partial charge in [0.15, 0.2) is 11.6 Å². The Balaban J connectivity index is 1.87. The zero-order chi connectivity index (χ0) is 21.7. The topological polar surface area (TPSA) is 41.6 Å². The number of amides is 1. The molecule has 0 aliphatic heterocycles. The predicted octanol–water partition coefficient (Wildman–Crippen LogP) is 5.26. The van der Waals surface area contributed by atoms with Crippen molar-refractivity contribution in [3.8, 4) is 5.75 Å². The zero-order valence-electron chi connectivity index (χ0n) is 17.8. The van der Waals surface area contributed by atoms with Crippen LogP contribution in [0.2, 0.25) is 0 Å². The number of likely N-dealkylation sites (N-methyl/N-ethyl adjacent to an activating group) is 1. The first kappa shape index (κ1) is 21.5. The lowest BCUT2D eigenvalue weighted by molar-refractivity contribution is -0.121. The Kier molecular flexibility index (Phi) is 6.85. The number of carbonyl (C=O) groups is 1. The van der Waals surface area contributed by atoms with Gasteiger partial charge in [-0.1, -0.05) is 48.5 Å². The van der Waals surface area contributed by atoms with E-state index >= 15 is 0 Å². The highest BCUT2D eigenvalue weighted by Gasteiger charge is 2.26. The van der Waals surface area contributed by atoms with E-state index in [1.54, 1.807) is 6.07 Å². The Labute approximate surface area is 177 Å². The van der Waals surface area contributed by atoms with Gasteiger partial charge in [-0.05, 0) is 61.3 Å². The summed E-state index contributed by atoms with van der Waals surface area (Å²) in [5.74, 6) is -0.348. The summed E-state index contributed by atoms with van der Waals surface area (Å²) in [6, 6.07) is 19.9. The lowest BCUT2D eigenvalue weighted by Gasteiger charge is -2.28. The Bertz CT molecular complexity index is 1020. The van der Waals surface area contributed by atoms with Crippen molar-refractivity contribution in [3.63, 3.8) is 0 Å². The minimum atomic E-state index is -0.531. The third-order valence-electron chi connectivity index (χ3n) is 5.10. The van der Waals surface area contributed by atoms with Crippen molar-refractivity contribution in [2.24, 2.45) is 0 Å². The average Bonchev–Trinajstić information content (AvgIpc) is 2.72. The Morgan fingerprint density at radius 2 is 1.80 bits per heavy atom. The summed E-state index contributed by atoms with van der Waals surface area (Å²) < 4.78 is 19.1. The Morgan fingerprint density at radius 3 is 2.47 bits per heavy atom. The van der Waals surface area contributed by atoms with E-state index in [0.29, 0.717) is 6.54 Å². The lowest BCUT2D eigenvalue weighted by atomic mass is 10.0. The third-order valence-corrected chi connectivity index (χ3v) is 5.10. The fraction of sp³-hybridized carbons (Fsp3) is 0.240. The van der Waals surface area contributed by atoms with Crippen LogP contribution in [0.5, 0.6) is 5.75 Å². The van der Waals surface area contributed by atoms with Gasteiger partial charge in [0.25, 0.3) is 0 Å². The van der Waals surface area contributed by atoms with E-state index in [4.69, 9.17) is 4.74 Å². The van der Waals surface area contributed by atoms with E-state index < -0.39 is 11.9 Å². The molecule has 1 atom stereocenters. The molecule has 0 unspecified atom stereocenters. The zero-order valence-corrected chi connectivity index (χ0v) is 17.8. The molecule has 0 saturated carbocycles. The maximum atomic E-state index is 14.1. The smallest absolute Gasteiger partial charge is 0.246 e. The van der Waals surface area contributed by atoms with Crippen LogP contribution in [-0.2, 0) is 11.3 Å². The molecule has 0 radical (unpaired) electrons. The first-order valence-corrected chi connectivity index (χ1v) is 9.84. The number of carbonyl (C=O) groups excluding carboxylic acids is 1. The van der Waals surface area contributed by atoms with Gasteiger partial charge >= 0.3 is 0 Å². The minimum absolute atomic E-state index is 0.133. The molecule has 0 spiro atoms. The van der Waals surface area contributed by atoms with Crippen LogP contribution in [0.15, 0.2) is 66.7 Å². The van der Waals surface area contributed by atoms with E-state index in [0.717, 1.165) is 27.9 Å². The second-order valence-corrected chi connectivity index (χ2v) is 7.50. The van der Waals surface area contributed by atoms with E-state index in [9.17, 15) is 9.18 Å². The van der Waals surface area contributed by atoms with Crippen LogP contribution in [0.3, 0.4) is 0 Å². The average molecular weight is 407 g/mol. The Hall–Kier alpha value is -3.18. The second-order valence-electron chi connectivity index (χ2n) is 7.50. The van der Waals surface area contributed by atoms with Crippen LogP contribution in [0.1, 0.15) is 28.3 Å². The molecule has 0 aliphatic rings. The van der Waals surface area contributed by atoms with Gasteiger partial charge in [0.1, 0.15) is 6.04 Å². The molecule has 0 fully saturated rings. The van der Waals surface area contributed by atoms with Gasteiger partial charge in [-0.25, -0.2) is 4.39 Å². The number of hydrogen-bond donors (Lipinski definition) is 1. The van der Waals surface area contributed by atoms with Crippen LogP contribution in [-0.4, -0.2) is 25.0 Å². The van der Waals surface area contributed by atoms with Crippen molar-refractivity contribution < 1.29 is 13.9 Å². The standard InChI is InChI=1S/C25H27FN2O2/c1-17-10-11-18(2)22(14-17)27-25(29)24(20-8-6-5-7-9-20)28(3)16-19-12-13-23(30-4)21(26)15-19/h5-15,24H,16H2,1-4H3,(H,27,29)/t24-/m0/s1. The molecule has 0 bridgehead atoms. The number of rotatable bonds is 7. The molecule has 3 aromatic carbocycles. The summed E-state index contributed by atoms with van der Waals surface area (Å²) in [4.78, 5) is 15.2. The highest BCUT2D eigenvalue weighted by Crippen LogP contribution is 2.26. The number of halogens is 1. The second kappa shape index (κ2) is 9.55. The van der Waals surface area contributed by atoms with Gasteiger partial charge in [0, 0.05) is 12.2 Å². The normalized spacial score (nSPS) is 11.9. The third kappa shape index (κ3) is 5.05. The first-order chi connectivity index (χ1) is 14.4. The minimum Gasteiger partial charge on any atom is -0.494 e. The number of nitrogens with zero attached hydrogens (tertiary/aromatic N) is 1. The fourth-order valence-electron chi connectivity index (χ4n) is 3.50. The SMILES string of the molecule is COc1ccc(CN(C)[C@H](C(=O)Nc2cc(C)ccc2C)c2ccccc2)cc1F. The van der Waals surface area contributed by atoms with Crippen LogP contribution >= 0.6 is 0 Å². The summed E-state index contributed by atoms with van der Waals surface area (Å²) in [5.41, 5.74) is 4.51. The number of ether oxygens (including phenoxy) is 1. The molecule has 3 rings (SSSR count). The van der Waals surface area contributed by atoms with Gasteiger partial charge in [0.05, 0.1) is 7.11 Å². The van der Waals surface area contributed by atoms with Crippen molar-refractivity contribution in [2.45, 2.75) is 26.4 Å². The lowest BCUT2D eigenvalue weighted by Crippen LogP contribution is -2.34. The van der Waals surface area contributed by atoms with Crippen molar-refractivity contribution in [3.05, 3.63) is 94.8 Å². The fourth-order valence-corrected chi connectivity index (χ4v) is 3.50. The highest BCUT2D eigenvalue weighted by atomic mass is 19.1. The molecule has 3 aromatic rings. The Morgan fingerprint density at radius 1 is 1.07 bits per heavy atom. The molecule has 0 aromatic heterocycles. The van der Waals surface area contributed by atoms with Crippen molar-refractivity contribution >= 4 is 11.6 Å². The monoisotopic (exact) mass is 406 g/mol. The summed E-state index contributed by atoms with van der Waals surface area (Å²) in [6.45, 7) is 4.37. The number of anilines is 1. The van der Waals surface area contributed by atoms with Gasteiger partial charge in [-0.15, -0.1) is 0 Å². The number of hydrogen-bond acceptors (Lipinski definition) is 3. The molecule has 0 heterocycles. The van der Waals surface area contributed by atoms with Gasteiger partial charge in [0.2, 0.25) is 5.91 Å². The number of methoxy groups -OCH3 is 1. The van der Waals surface area contributed by atoms with Crippen LogP contribution in [0.25, 0.3) is 0 Å². The summed E-state index contributed by atoms with van der Waals surface area (Å²) in [5, 5.41) is 3.07. The molecule has 1 amide bonds. The van der Waals surface area contributed by atoms with E-state index in [2.05, 4.69) is 5.32 Å². The number of aryl methyl sites for hydroxylation is 2. The van der Waals surface area contributed by atoms with Gasteiger partial charge in [-0.2, -0.15) is 0 Å². The van der Waals surface area contributed by atoms with Gasteiger partial charge in [-0.3, -0.25) is 9.69 Å². The van der Waals surface area contributed by atoms with Crippen LogP contribution in [0.4, 0.5) is 10.1 Å². The predicted molar refractivity (Wildman–Crippen MR) is 118 cm³/mol. The number of benzene rings is 3. The van der Waals surface area contributed by atoms with E-state index in [1.807, 2.05) is 80.4 Å². The summed E-state index contributed by atoms with van der Waals surface area (Å²) >= 11 is 0. The molecule has 4 nitrogen and oxygen atoms in total. The highest BCUT2D eigenvalue weighted by molar-refractivity contribution is 5.96. The van der Waals surface area contributed by atoms with Crippen molar-refractivity contribution in [1.82, 2.24) is 4.90 Å². The molecular weight excluding hydrogens is 379 g/mol. The largest absolute Gasteiger partial charge is 0.494 e. The maximum Gasteiger partial charge on any atom is 0.246 e. The molecule has 0 saturated heterocycles.